The number of carbonyl (C=O) groups is 2. The summed E-state index contributed by atoms with van der Waals surface area (Å²) in [6, 6.07) is 7.10. The van der Waals surface area contributed by atoms with Crippen molar-refractivity contribution in [3.8, 4) is 0 Å². The van der Waals surface area contributed by atoms with Gasteiger partial charge >= 0.3 is 0 Å². The van der Waals surface area contributed by atoms with Crippen molar-refractivity contribution in [2.75, 3.05) is 38.7 Å². The quantitative estimate of drug-likeness (QED) is 0.478. The molecule has 6 heteroatoms. The largest absolute Gasteiger partial charge is 0.383 e. The Morgan fingerprint density at radius 2 is 1.84 bits per heavy atom. The predicted molar refractivity (Wildman–Crippen MR) is 101 cm³/mol. The van der Waals surface area contributed by atoms with Crippen molar-refractivity contribution in [1.82, 2.24) is 10.6 Å². The molecule has 0 spiro atoms. The number of amides is 2. The van der Waals surface area contributed by atoms with E-state index in [4.69, 9.17) is 4.74 Å². The van der Waals surface area contributed by atoms with Gasteiger partial charge in [0.25, 0.3) is 5.91 Å². The molecule has 0 saturated heterocycles. The lowest BCUT2D eigenvalue weighted by atomic mass is 10.1. The van der Waals surface area contributed by atoms with Crippen molar-refractivity contribution < 1.29 is 14.3 Å². The Labute approximate surface area is 150 Å². The lowest BCUT2D eigenvalue weighted by Crippen LogP contribution is -2.30. The topological polar surface area (TPSA) is 79.5 Å². The minimum atomic E-state index is -0.155. The highest BCUT2D eigenvalue weighted by Crippen LogP contribution is 2.10. The maximum absolute atomic E-state index is 12.0. The molecule has 1 rings (SSSR count). The first kappa shape index (κ1) is 21.0. The lowest BCUT2D eigenvalue weighted by Gasteiger charge is -2.09. The van der Waals surface area contributed by atoms with Crippen molar-refractivity contribution in [3.05, 3.63) is 29.8 Å². The third kappa shape index (κ3) is 9.72. The average molecular weight is 349 g/mol. The molecule has 0 atom stereocenters. The van der Waals surface area contributed by atoms with Gasteiger partial charge in [0, 0.05) is 31.5 Å². The Balaban J connectivity index is 2.28. The first-order valence-corrected chi connectivity index (χ1v) is 9.05. The molecule has 1 aromatic carbocycles. The highest BCUT2D eigenvalue weighted by atomic mass is 16.5. The third-order valence-electron chi connectivity index (χ3n) is 3.77. The fourth-order valence-electron chi connectivity index (χ4n) is 2.34. The SMILES string of the molecule is CCCCCCCNC(=O)CNc1cccc(C(=O)NCCOC)c1. The van der Waals surface area contributed by atoms with Crippen LogP contribution >= 0.6 is 0 Å². The second-order valence-electron chi connectivity index (χ2n) is 5.95. The molecule has 1 aromatic rings. The number of methoxy groups -OCH3 is 1. The summed E-state index contributed by atoms with van der Waals surface area (Å²) < 4.78 is 4.90. The third-order valence-corrected chi connectivity index (χ3v) is 3.77. The fourth-order valence-corrected chi connectivity index (χ4v) is 2.34. The number of benzene rings is 1. The summed E-state index contributed by atoms with van der Waals surface area (Å²) in [6.07, 6.45) is 5.87. The number of nitrogens with one attached hydrogen (secondary N) is 3. The summed E-state index contributed by atoms with van der Waals surface area (Å²) in [7, 11) is 1.59. The van der Waals surface area contributed by atoms with E-state index < -0.39 is 0 Å². The van der Waals surface area contributed by atoms with Gasteiger partial charge in [-0.05, 0) is 24.6 Å². The van der Waals surface area contributed by atoms with Crippen LogP contribution in [0.4, 0.5) is 5.69 Å². The van der Waals surface area contributed by atoms with Gasteiger partial charge in [0.05, 0.1) is 13.2 Å². The summed E-state index contributed by atoms with van der Waals surface area (Å²) in [5.74, 6) is -0.192. The Kier molecular flexibility index (Phi) is 11.1. The van der Waals surface area contributed by atoms with Crippen molar-refractivity contribution in [1.29, 1.82) is 0 Å². The van der Waals surface area contributed by atoms with Crippen molar-refractivity contribution >= 4 is 17.5 Å². The molecule has 6 nitrogen and oxygen atoms in total. The molecule has 0 saturated carbocycles. The van der Waals surface area contributed by atoms with Crippen LogP contribution in [0.2, 0.25) is 0 Å². The minimum Gasteiger partial charge on any atom is -0.383 e. The molecule has 0 fully saturated rings. The lowest BCUT2D eigenvalue weighted by molar-refractivity contribution is -0.119. The van der Waals surface area contributed by atoms with Gasteiger partial charge in [-0.3, -0.25) is 9.59 Å². The zero-order chi connectivity index (χ0) is 18.3. The molecule has 3 N–H and O–H groups in total. The Hall–Kier alpha value is -2.08. The highest BCUT2D eigenvalue weighted by molar-refractivity contribution is 5.95. The van der Waals surface area contributed by atoms with Gasteiger partial charge in [0.2, 0.25) is 5.91 Å². The second kappa shape index (κ2) is 13.2. The van der Waals surface area contributed by atoms with E-state index in [2.05, 4.69) is 22.9 Å². The van der Waals surface area contributed by atoms with Gasteiger partial charge in [-0.2, -0.15) is 0 Å². The van der Waals surface area contributed by atoms with Crippen molar-refractivity contribution in [2.45, 2.75) is 39.0 Å². The van der Waals surface area contributed by atoms with Gasteiger partial charge in [-0.1, -0.05) is 38.7 Å². The molecule has 0 bridgehead atoms. The first-order chi connectivity index (χ1) is 12.2. The first-order valence-electron chi connectivity index (χ1n) is 9.05. The van der Waals surface area contributed by atoms with Crippen LogP contribution in [-0.2, 0) is 9.53 Å². The van der Waals surface area contributed by atoms with Crippen LogP contribution in [-0.4, -0.2) is 45.2 Å². The smallest absolute Gasteiger partial charge is 0.251 e. The van der Waals surface area contributed by atoms with Crippen LogP contribution in [0, 0.1) is 0 Å². The van der Waals surface area contributed by atoms with E-state index in [1.165, 1.54) is 19.3 Å². The summed E-state index contributed by atoms with van der Waals surface area (Å²) in [5, 5.41) is 8.73. The number of carbonyl (C=O) groups excluding carboxylic acids is 2. The standard InChI is InChI=1S/C19H31N3O3/c1-3-4-5-6-7-11-20-18(23)15-22-17-10-8-9-16(14-17)19(24)21-12-13-25-2/h8-10,14,22H,3-7,11-13,15H2,1-2H3,(H,20,23)(H,21,24). The van der Waals surface area contributed by atoms with Crippen LogP contribution in [0.15, 0.2) is 24.3 Å². The number of anilines is 1. The van der Waals surface area contributed by atoms with E-state index in [9.17, 15) is 9.59 Å². The van der Waals surface area contributed by atoms with E-state index in [-0.39, 0.29) is 18.4 Å². The zero-order valence-corrected chi connectivity index (χ0v) is 15.4. The Bertz CT molecular complexity index is 520. The molecule has 0 aromatic heterocycles. The van der Waals surface area contributed by atoms with Crippen LogP contribution < -0.4 is 16.0 Å². The molecule has 0 aliphatic carbocycles. The van der Waals surface area contributed by atoms with Gasteiger partial charge in [0.1, 0.15) is 0 Å². The van der Waals surface area contributed by atoms with Crippen LogP contribution in [0.3, 0.4) is 0 Å². The van der Waals surface area contributed by atoms with E-state index in [1.807, 2.05) is 6.07 Å². The van der Waals surface area contributed by atoms with Gasteiger partial charge < -0.3 is 20.7 Å². The molecule has 2 amide bonds. The number of rotatable bonds is 13. The van der Waals surface area contributed by atoms with E-state index in [0.29, 0.717) is 25.3 Å². The number of hydrogen-bond acceptors (Lipinski definition) is 4. The van der Waals surface area contributed by atoms with Gasteiger partial charge in [-0.25, -0.2) is 0 Å². The molecule has 0 radical (unpaired) electrons. The van der Waals surface area contributed by atoms with E-state index in [1.54, 1.807) is 25.3 Å². The Morgan fingerprint density at radius 1 is 1.04 bits per heavy atom. The van der Waals surface area contributed by atoms with E-state index >= 15 is 0 Å². The zero-order valence-electron chi connectivity index (χ0n) is 15.4. The van der Waals surface area contributed by atoms with Crippen LogP contribution in [0.5, 0.6) is 0 Å². The number of hydrogen-bond donors (Lipinski definition) is 3. The van der Waals surface area contributed by atoms with Crippen LogP contribution in [0.25, 0.3) is 0 Å². The Morgan fingerprint density at radius 3 is 2.60 bits per heavy atom. The summed E-state index contributed by atoms with van der Waals surface area (Å²) in [5.41, 5.74) is 1.30. The maximum atomic E-state index is 12.0. The molecule has 0 aliphatic rings. The fraction of sp³-hybridized carbons (Fsp3) is 0.579. The van der Waals surface area contributed by atoms with E-state index in [0.717, 1.165) is 18.5 Å². The van der Waals surface area contributed by atoms with Gasteiger partial charge in [-0.15, -0.1) is 0 Å². The second-order valence-corrected chi connectivity index (χ2v) is 5.95. The monoisotopic (exact) mass is 349 g/mol. The predicted octanol–water partition coefficient (Wildman–Crippen LogP) is 2.56. The summed E-state index contributed by atoms with van der Waals surface area (Å²) >= 11 is 0. The normalized spacial score (nSPS) is 10.3. The average Bonchev–Trinajstić information content (AvgIpc) is 2.63. The number of unbranched alkanes of at least 4 members (excludes halogenated alkanes) is 4. The number of ether oxygens (including phenoxy) is 1. The van der Waals surface area contributed by atoms with Crippen LogP contribution in [0.1, 0.15) is 49.4 Å². The van der Waals surface area contributed by atoms with Crippen molar-refractivity contribution in [3.63, 3.8) is 0 Å². The molecule has 0 aliphatic heterocycles. The molecular weight excluding hydrogens is 318 g/mol. The molecule has 140 valence electrons. The summed E-state index contributed by atoms with van der Waals surface area (Å²) in [4.78, 5) is 23.8. The molecular formula is C19H31N3O3. The van der Waals surface area contributed by atoms with Gasteiger partial charge in [0.15, 0.2) is 0 Å². The minimum absolute atomic E-state index is 0.0366. The highest BCUT2D eigenvalue weighted by Gasteiger charge is 2.06. The molecule has 0 heterocycles. The summed E-state index contributed by atoms with van der Waals surface area (Å²) in [6.45, 7) is 4.04. The molecule has 25 heavy (non-hydrogen) atoms. The van der Waals surface area contributed by atoms with Crippen molar-refractivity contribution in [2.24, 2.45) is 0 Å². The molecule has 0 unspecified atom stereocenters. The maximum Gasteiger partial charge on any atom is 0.251 e.